The van der Waals surface area contributed by atoms with Crippen molar-refractivity contribution in [3.8, 4) is 56.2 Å². The van der Waals surface area contributed by atoms with Gasteiger partial charge < -0.3 is 8.83 Å². The van der Waals surface area contributed by atoms with E-state index in [0.29, 0.717) is 5.82 Å². The Balaban J connectivity index is 1.19. The number of fused-ring (bicyclic) bond motifs is 7. The van der Waals surface area contributed by atoms with Gasteiger partial charge >= 0.3 is 0 Å². The number of benzene rings is 8. The Bertz CT molecular complexity index is 3220. The van der Waals surface area contributed by atoms with Crippen molar-refractivity contribution in [1.82, 2.24) is 9.97 Å². The molecule has 0 fully saturated rings. The van der Waals surface area contributed by atoms with Crippen LogP contribution in [-0.2, 0) is 0 Å². The molecule has 0 aliphatic carbocycles. The van der Waals surface area contributed by atoms with E-state index in [4.69, 9.17) is 18.8 Å². The molecule has 0 aliphatic heterocycles. The van der Waals surface area contributed by atoms with Gasteiger partial charge in [-0.3, -0.25) is 0 Å². The van der Waals surface area contributed by atoms with Crippen LogP contribution in [0.1, 0.15) is 0 Å². The maximum Gasteiger partial charge on any atom is 0.160 e. The Kier molecular flexibility index (Phi) is 6.82. The van der Waals surface area contributed by atoms with Gasteiger partial charge in [0.25, 0.3) is 0 Å². The molecule has 0 bridgehead atoms. The van der Waals surface area contributed by atoms with Crippen molar-refractivity contribution in [2.75, 3.05) is 0 Å². The van der Waals surface area contributed by atoms with Crippen LogP contribution in [-0.4, -0.2) is 9.97 Å². The number of aromatic nitrogens is 2. The predicted octanol–water partition coefficient (Wildman–Crippen LogP) is 13.8. The van der Waals surface area contributed by atoms with Gasteiger partial charge in [-0.25, -0.2) is 9.97 Å². The summed E-state index contributed by atoms with van der Waals surface area (Å²) in [5.74, 6) is 0.646. The minimum Gasteiger partial charge on any atom is -0.455 e. The Morgan fingerprint density at radius 3 is 1.56 bits per heavy atom. The molecule has 4 heteroatoms. The third-order valence-corrected chi connectivity index (χ3v) is 10.5. The number of hydrogen-bond donors (Lipinski definition) is 0. The van der Waals surface area contributed by atoms with E-state index in [0.717, 1.165) is 94.2 Å². The zero-order valence-corrected chi connectivity index (χ0v) is 29.0. The van der Waals surface area contributed by atoms with Gasteiger partial charge in [-0.1, -0.05) is 140 Å². The average Bonchev–Trinajstić information content (AvgIpc) is 3.82. The molecule has 0 saturated heterocycles. The van der Waals surface area contributed by atoms with Gasteiger partial charge in [-0.15, -0.1) is 0 Å². The zero-order chi connectivity index (χ0) is 35.6. The maximum absolute atomic E-state index is 6.58. The highest BCUT2D eigenvalue weighted by Gasteiger charge is 2.19. The van der Waals surface area contributed by atoms with Gasteiger partial charge in [0, 0.05) is 43.8 Å². The van der Waals surface area contributed by atoms with E-state index in [1.54, 1.807) is 0 Å². The molecule has 3 aromatic heterocycles. The molecule has 11 rings (SSSR count). The van der Waals surface area contributed by atoms with Gasteiger partial charge in [0.2, 0.25) is 0 Å². The van der Waals surface area contributed by atoms with Crippen LogP contribution in [0.3, 0.4) is 0 Å². The van der Waals surface area contributed by atoms with Crippen LogP contribution in [0.4, 0.5) is 0 Å². The van der Waals surface area contributed by atoms with E-state index >= 15 is 0 Å². The van der Waals surface area contributed by atoms with E-state index < -0.39 is 0 Å². The lowest BCUT2D eigenvalue weighted by atomic mass is 9.91. The van der Waals surface area contributed by atoms with Gasteiger partial charge in [-0.05, 0) is 69.9 Å². The molecule has 3 heterocycles. The first-order valence-corrected chi connectivity index (χ1v) is 18.1. The molecule has 8 aromatic carbocycles. The quantitative estimate of drug-likeness (QED) is 0.180. The van der Waals surface area contributed by atoms with Gasteiger partial charge in [0.15, 0.2) is 5.82 Å². The van der Waals surface area contributed by atoms with Crippen molar-refractivity contribution in [2.45, 2.75) is 0 Å². The van der Waals surface area contributed by atoms with Crippen LogP contribution in [0.15, 0.2) is 191 Å². The fraction of sp³-hybridized carbons (Fsp3) is 0. The SMILES string of the molecule is c1ccc(-c2nc(-c3cc(-c4cccc5ccccc45)cc(-c4cccc5c4oc4ccccc45)c3)cc(-c3cccc4c3oc3ccccc34)n2)cc1. The van der Waals surface area contributed by atoms with Crippen molar-refractivity contribution >= 4 is 54.6 Å². The molecule has 0 amide bonds. The Hall–Kier alpha value is -7.30. The molecule has 0 N–H and O–H groups in total. The molecular formula is C50H30N2O2. The number of para-hydroxylation sites is 4. The fourth-order valence-electron chi connectivity index (χ4n) is 7.94. The summed E-state index contributed by atoms with van der Waals surface area (Å²) in [5.41, 5.74) is 12.1. The molecular weight excluding hydrogens is 661 g/mol. The summed E-state index contributed by atoms with van der Waals surface area (Å²) in [7, 11) is 0. The highest BCUT2D eigenvalue weighted by molar-refractivity contribution is 6.11. The molecule has 0 atom stereocenters. The summed E-state index contributed by atoms with van der Waals surface area (Å²) < 4.78 is 13.1. The number of nitrogens with zero attached hydrogens (tertiary/aromatic N) is 2. The molecule has 54 heavy (non-hydrogen) atoms. The summed E-state index contributed by atoms with van der Waals surface area (Å²) in [6.07, 6.45) is 0. The monoisotopic (exact) mass is 690 g/mol. The zero-order valence-electron chi connectivity index (χ0n) is 29.0. The highest BCUT2D eigenvalue weighted by Crippen LogP contribution is 2.42. The predicted molar refractivity (Wildman–Crippen MR) is 221 cm³/mol. The second kappa shape index (κ2) is 12.1. The second-order valence-electron chi connectivity index (χ2n) is 13.7. The van der Waals surface area contributed by atoms with Crippen molar-refractivity contribution in [2.24, 2.45) is 0 Å². The van der Waals surface area contributed by atoms with Gasteiger partial charge in [0.1, 0.15) is 22.3 Å². The summed E-state index contributed by atoms with van der Waals surface area (Å²) in [6, 6.07) is 63.2. The smallest absolute Gasteiger partial charge is 0.160 e. The maximum atomic E-state index is 6.58. The molecule has 4 nitrogen and oxygen atoms in total. The summed E-state index contributed by atoms with van der Waals surface area (Å²) in [4.78, 5) is 10.5. The molecule has 0 saturated carbocycles. The van der Waals surface area contributed by atoms with Crippen molar-refractivity contribution in [3.05, 3.63) is 182 Å². The van der Waals surface area contributed by atoms with Crippen LogP contribution in [0.25, 0.3) is 111 Å². The normalized spacial score (nSPS) is 11.7. The molecule has 11 aromatic rings. The fourth-order valence-corrected chi connectivity index (χ4v) is 7.94. The van der Waals surface area contributed by atoms with Crippen molar-refractivity contribution < 1.29 is 8.83 Å². The lowest BCUT2D eigenvalue weighted by Crippen LogP contribution is -1.97. The number of hydrogen-bond acceptors (Lipinski definition) is 4. The molecule has 0 aliphatic rings. The summed E-state index contributed by atoms with van der Waals surface area (Å²) >= 11 is 0. The van der Waals surface area contributed by atoms with Crippen LogP contribution in [0, 0.1) is 0 Å². The molecule has 0 radical (unpaired) electrons. The van der Waals surface area contributed by atoms with Crippen LogP contribution in [0.2, 0.25) is 0 Å². The van der Waals surface area contributed by atoms with E-state index in [-0.39, 0.29) is 0 Å². The van der Waals surface area contributed by atoms with Crippen LogP contribution < -0.4 is 0 Å². The standard InChI is InChI=1S/C50H30N2O2/c1-2-14-32(15-3-1)50-51-44(30-45(52-50)43-24-12-23-42-40-19-7-9-26-47(40)54-49(42)43)35-28-33(37-20-10-16-31-13-4-5-17-36(31)37)27-34(29-35)38-21-11-22-41-39-18-6-8-25-46(39)53-48(38)41/h1-30H. The first kappa shape index (κ1) is 30.3. The lowest BCUT2D eigenvalue weighted by molar-refractivity contribution is 0.669. The topological polar surface area (TPSA) is 52.1 Å². The lowest BCUT2D eigenvalue weighted by Gasteiger charge is -2.14. The van der Waals surface area contributed by atoms with Crippen LogP contribution >= 0.6 is 0 Å². The third kappa shape index (κ3) is 4.92. The van der Waals surface area contributed by atoms with E-state index in [1.807, 2.05) is 48.5 Å². The Labute approximate surface area is 310 Å². The van der Waals surface area contributed by atoms with E-state index in [2.05, 4.69) is 133 Å². The third-order valence-electron chi connectivity index (χ3n) is 10.5. The number of rotatable bonds is 5. The largest absolute Gasteiger partial charge is 0.455 e. The highest BCUT2D eigenvalue weighted by atomic mass is 16.3. The summed E-state index contributed by atoms with van der Waals surface area (Å²) in [5, 5.41) is 6.72. The van der Waals surface area contributed by atoms with E-state index in [1.165, 1.54) is 10.8 Å². The Morgan fingerprint density at radius 2 is 0.815 bits per heavy atom. The average molecular weight is 691 g/mol. The van der Waals surface area contributed by atoms with Crippen molar-refractivity contribution in [3.63, 3.8) is 0 Å². The van der Waals surface area contributed by atoms with Crippen LogP contribution in [0.5, 0.6) is 0 Å². The van der Waals surface area contributed by atoms with Gasteiger partial charge in [-0.2, -0.15) is 0 Å². The molecule has 252 valence electrons. The Morgan fingerprint density at radius 1 is 0.315 bits per heavy atom. The first-order chi connectivity index (χ1) is 26.7. The second-order valence-corrected chi connectivity index (χ2v) is 13.7. The van der Waals surface area contributed by atoms with Crippen molar-refractivity contribution in [1.29, 1.82) is 0 Å². The first-order valence-electron chi connectivity index (χ1n) is 18.1. The van der Waals surface area contributed by atoms with E-state index in [9.17, 15) is 0 Å². The molecule has 0 spiro atoms. The minimum absolute atomic E-state index is 0.646. The minimum atomic E-state index is 0.646. The molecule has 0 unspecified atom stereocenters. The number of furan rings is 2. The summed E-state index contributed by atoms with van der Waals surface area (Å²) in [6.45, 7) is 0. The van der Waals surface area contributed by atoms with Gasteiger partial charge in [0.05, 0.1) is 11.4 Å².